The minimum atomic E-state index is -1.36. The van der Waals surface area contributed by atoms with Crippen molar-refractivity contribution in [3.8, 4) is 0 Å². The molecule has 39 heavy (non-hydrogen) atoms. The van der Waals surface area contributed by atoms with Crippen LogP contribution in [-0.4, -0.2) is 51.5 Å². The summed E-state index contributed by atoms with van der Waals surface area (Å²) in [5.74, 6) is -2.29. The van der Waals surface area contributed by atoms with Gasteiger partial charge in [-0.2, -0.15) is 0 Å². The van der Waals surface area contributed by atoms with Gasteiger partial charge in [-0.05, 0) is 50.8 Å². The average Bonchev–Trinajstić information content (AvgIpc) is 3.63. The zero-order valence-electron chi connectivity index (χ0n) is 22.1. The Labute approximate surface area is 224 Å². The van der Waals surface area contributed by atoms with Crippen molar-refractivity contribution in [2.24, 2.45) is 5.73 Å². The quantitative estimate of drug-likeness (QED) is 0.434. The maximum absolute atomic E-state index is 15.6. The Hall–Kier alpha value is -3.99. The zero-order valence-corrected chi connectivity index (χ0v) is 22.1. The molecule has 3 aromatic rings. The van der Waals surface area contributed by atoms with Crippen LogP contribution in [0.25, 0.3) is 11.0 Å². The second kappa shape index (κ2) is 9.96. The lowest BCUT2D eigenvalue weighted by atomic mass is 9.93. The van der Waals surface area contributed by atoms with E-state index in [0.717, 1.165) is 30.0 Å². The number of hydrogen-bond donors (Lipinski definition) is 3. The van der Waals surface area contributed by atoms with E-state index in [1.54, 1.807) is 30.2 Å². The third kappa shape index (κ3) is 5.44. The molecule has 2 fully saturated rings. The molecule has 1 amide bonds. The molecule has 2 aromatic heterocycles. The maximum atomic E-state index is 15.6. The van der Waals surface area contributed by atoms with E-state index in [4.69, 9.17) is 10.5 Å². The number of nitrogens with one attached hydrogen (secondary N) is 1. The number of nitrogens with zero attached hydrogens (tertiary/aromatic N) is 3. The molecular weight excluding hydrogens is 505 g/mol. The molecule has 0 radical (unpaired) electrons. The summed E-state index contributed by atoms with van der Waals surface area (Å²) in [6, 6.07) is 8.38. The summed E-state index contributed by atoms with van der Waals surface area (Å²) in [5.41, 5.74) is 6.09. The SMILES string of the molecule is CC(C)(C)OC(=O)N[C@@H]1CN(c2nc3c(cc2F)c(=O)c(C(=O)O)cn3C2CC2)C[C@H]1c1cccc(CN)c1. The molecule has 2 atom stereocenters. The first-order chi connectivity index (χ1) is 18.4. The van der Waals surface area contributed by atoms with Crippen LogP contribution in [0.1, 0.15) is 67.1 Å². The van der Waals surface area contributed by atoms with Gasteiger partial charge in [-0.25, -0.2) is 19.0 Å². The van der Waals surface area contributed by atoms with Crippen molar-refractivity contribution < 1.29 is 23.8 Å². The highest BCUT2D eigenvalue weighted by Gasteiger charge is 2.38. The lowest BCUT2D eigenvalue weighted by Crippen LogP contribution is -2.42. The molecule has 0 unspecified atom stereocenters. The lowest BCUT2D eigenvalue weighted by Gasteiger charge is -2.24. The van der Waals surface area contributed by atoms with E-state index in [2.05, 4.69) is 10.3 Å². The molecule has 3 heterocycles. The third-order valence-electron chi connectivity index (χ3n) is 7.05. The molecule has 4 N–H and O–H groups in total. The van der Waals surface area contributed by atoms with Gasteiger partial charge in [0, 0.05) is 37.8 Å². The number of carbonyl (C=O) groups excluding carboxylic acids is 1. The minimum absolute atomic E-state index is 0.00363. The van der Waals surface area contributed by atoms with Crippen LogP contribution < -0.4 is 21.4 Å². The third-order valence-corrected chi connectivity index (χ3v) is 7.05. The molecule has 11 heteroatoms. The van der Waals surface area contributed by atoms with Crippen molar-refractivity contribution in [2.45, 2.75) is 63.8 Å². The number of carboxylic acids is 1. The summed E-state index contributed by atoms with van der Waals surface area (Å²) in [6.07, 6.45) is 2.36. The van der Waals surface area contributed by atoms with Crippen molar-refractivity contribution in [3.63, 3.8) is 0 Å². The first-order valence-electron chi connectivity index (χ1n) is 13.0. The Balaban J connectivity index is 1.55. The maximum Gasteiger partial charge on any atom is 0.407 e. The number of aromatic nitrogens is 2. The number of aromatic carboxylic acids is 1. The number of benzene rings is 1. The molecule has 206 valence electrons. The van der Waals surface area contributed by atoms with Crippen LogP contribution in [0.15, 0.2) is 41.3 Å². The normalized spacial score (nSPS) is 19.4. The number of pyridine rings is 2. The Morgan fingerprint density at radius 2 is 1.97 bits per heavy atom. The van der Waals surface area contributed by atoms with Crippen LogP contribution in [0.5, 0.6) is 0 Å². The van der Waals surface area contributed by atoms with Crippen molar-refractivity contribution in [1.82, 2.24) is 14.9 Å². The summed E-state index contributed by atoms with van der Waals surface area (Å²) in [6.45, 7) is 6.27. The predicted molar refractivity (Wildman–Crippen MR) is 144 cm³/mol. The first kappa shape index (κ1) is 26.6. The van der Waals surface area contributed by atoms with Crippen molar-refractivity contribution in [3.05, 3.63) is 69.3 Å². The summed E-state index contributed by atoms with van der Waals surface area (Å²) >= 11 is 0. The van der Waals surface area contributed by atoms with Gasteiger partial charge < -0.3 is 30.4 Å². The highest BCUT2D eigenvalue weighted by Crippen LogP contribution is 2.38. The van der Waals surface area contributed by atoms with E-state index in [1.807, 2.05) is 24.3 Å². The fraction of sp³-hybridized carbons (Fsp3) is 0.429. The van der Waals surface area contributed by atoms with Crippen molar-refractivity contribution in [1.29, 1.82) is 0 Å². The number of nitrogens with two attached hydrogens (primary N) is 1. The number of rotatable bonds is 6. The van der Waals surface area contributed by atoms with Gasteiger partial charge >= 0.3 is 12.1 Å². The Bertz CT molecular complexity index is 1510. The highest BCUT2D eigenvalue weighted by molar-refractivity contribution is 5.92. The van der Waals surface area contributed by atoms with Gasteiger partial charge in [0.1, 0.15) is 16.8 Å². The second-order valence-electron chi connectivity index (χ2n) is 11.2. The Morgan fingerprint density at radius 1 is 1.23 bits per heavy atom. The number of amides is 1. The number of halogens is 1. The number of ether oxygens (including phenoxy) is 1. The van der Waals surface area contributed by atoms with Gasteiger partial charge in [0.05, 0.1) is 11.4 Å². The van der Waals surface area contributed by atoms with Crippen molar-refractivity contribution >= 4 is 28.9 Å². The van der Waals surface area contributed by atoms with Crippen LogP contribution in [0.4, 0.5) is 15.0 Å². The van der Waals surface area contributed by atoms with Crippen LogP contribution >= 0.6 is 0 Å². The molecule has 0 spiro atoms. The smallest absolute Gasteiger partial charge is 0.407 e. The predicted octanol–water partition coefficient (Wildman–Crippen LogP) is 3.52. The summed E-state index contributed by atoms with van der Waals surface area (Å²) in [5, 5.41) is 12.4. The van der Waals surface area contributed by atoms with Gasteiger partial charge in [-0.1, -0.05) is 24.3 Å². The molecule has 2 aliphatic rings. The largest absolute Gasteiger partial charge is 0.477 e. The fourth-order valence-electron chi connectivity index (χ4n) is 5.11. The molecule has 5 rings (SSSR count). The number of alkyl carbamates (subject to hydrolysis) is 1. The minimum Gasteiger partial charge on any atom is -0.477 e. The van der Waals surface area contributed by atoms with Gasteiger partial charge in [-0.15, -0.1) is 0 Å². The molecule has 1 saturated heterocycles. The van der Waals surface area contributed by atoms with E-state index in [9.17, 15) is 19.5 Å². The monoisotopic (exact) mass is 537 g/mol. The second-order valence-corrected chi connectivity index (χ2v) is 11.2. The van der Waals surface area contributed by atoms with Gasteiger partial charge in [0.25, 0.3) is 0 Å². The molecule has 0 bridgehead atoms. The standard InChI is InChI=1S/C28H32FN5O5/c1-28(2,3)39-27(38)31-22-14-33(12-19(22)16-6-4-5-15(9-16)11-30)25-21(29)10-18-23(35)20(26(36)37)13-34(17-7-8-17)24(18)32-25/h4-6,9-10,13,17,19,22H,7-8,11-12,14,30H2,1-3H3,(H,31,38)(H,36,37)/t19-,22+/m0/s1. The van der Waals surface area contributed by atoms with E-state index in [-0.39, 0.29) is 35.4 Å². The Kier molecular flexibility index (Phi) is 6.79. The van der Waals surface area contributed by atoms with E-state index >= 15 is 4.39 Å². The molecule has 1 saturated carbocycles. The van der Waals surface area contributed by atoms with Crippen LogP contribution in [0.3, 0.4) is 0 Å². The fourth-order valence-corrected chi connectivity index (χ4v) is 5.11. The Morgan fingerprint density at radius 3 is 2.62 bits per heavy atom. The zero-order chi connectivity index (χ0) is 28.1. The van der Waals surface area contributed by atoms with Crippen LogP contribution in [0.2, 0.25) is 0 Å². The van der Waals surface area contributed by atoms with Gasteiger partial charge in [0.2, 0.25) is 5.43 Å². The topological polar surface area (TPSA) is 140 Å². The number of carbonyl (C=O) groups is 2. The van der Waals surface area contributed by atoms with E-state index in [1.165, 1.54) is 6.20 Å². The first-order valence-corrected chi connectivity index (χ1v) is 13.0. The van der Waals surface area contributed by atoms with Crippen LogP contribution in [0, 0.1) is 5.82 Å². The van der Waals surface area contributed by atoms with E-state index < -0.39 is 40.5 Å². The number of anilines is 1. The molecule has 1 aliphatic carbocycles. The molecule has 1 aromatic carbocycles. The van der Waals surface area contributed by atoms with Crippen LogP contribution in [-0.2, 0) is 11.3 Å². The summed E-state index contributed by atoms with van der Waals surface area (Å²) in [4.78, 5) is 43.5. The van der Waals surface area contributed by atoms with Crippen molar-refractivity contribution in [2.75, 3.05) is 18.0 Å². The molecular formula is C28H32FN5O5. The summed E-state index contributed by atoms with van der Waals surface area (Å²) in [7, 11) is 0. The van der Waals surface area contributed by atoms with Gasteiger partial charge in [0.15, 0.2) is 11.6 Å². The number of fused-ring (bicyclic) bond motifs is 1. The lowest BCUT2D eigenvalue weighted by molar-refractivity contribution is 0.0504. The van der Waals surface area contributed by atoms with Gasteiger partial charge in [-0.3, -0.25) is 4.79 Å². The highest BCUT2D eigenvalue weighted by atomic mass is 19.1. The van der Waals surface area contributed by atoms with E-state index in [0.29, 0.717) is 13.1 Å². The molecule has 10 nitrogen and oxygen atoms in total. The number of hydrogen-bond acceptors (Lipinski definition) is 7. The summed E-state index contributed by atoms with van der Waals surface area (Å²) < 4.78 is 22.7. The molecule has 1 aliphatic heterocycles. The number of carboxylic acid groups (broad SMARTS) is 1. The average molecular weight is 538 g/mol.